The van der Waals surface area contributed by atoms with E-state index in [9.17, 15) is 24.6 Å². The number of aromatic amines is 1. The van der Waals surface area contributed by atoms with Crippen molar-refractivity contribution >= 4 is 5.97 Å². The minimum atomic E-state index is -1.51. The van der Waals surface area contributed by atoms with Crippen molar-refractivity contribution in [2.24, 2.45) is 0 Å². The molecule has 1 aromatic rings. The number of aliphatic hydroxyl groups excluding tert-OH is 2. The quantitative estimate of drug-likeness (QED) is 0.542. The molecule has 1 fully saturated rings. The molecule has 1 aliphatic heterocycles. The fourth-order valence-corrected chi connectivity index (χ4v) is 2.42. The van der Waals surface area contributed by atoms with E-state index in [0.29, 0.717) is 0 Å². The predicted octanol–water partition coefficient (Wildman–Crippen LogP) is -2.11. The van der Waals surface area contributed by atoms with Gasteiger partial charge in [0.05, 0.1) is 26.2 Å². The molecule has 9 heteroatoms. The summed E-state index contributed by atoms with van der Waals surface area (Å²) in [5.74, 6) is -0.654. The van der Waals surface area contributed by atoms with Crippen molar-refractivity contribution in [3.63, 3.8) is 0 Å². The number of nitrogens with one attached hydrogen (secondary N) is 1. The van der Waals surface area contributed by atoms with Crippen molar-refractivity contribution in [2.45, 2.75) is 30.8 Å². The first-order chi connectivity index (χ1) is 9.91. The van der Waals surface area contributed by atoms with Crippen LogP contribution in [0.25, 0.3) is 0 Å². The summed E-state index contributed by atoms with van der Waals surface area (Å²) in [4.78, 5) is 36.7. The number of rotatable bonds is 4. The third-order valence-corrected chi connectivity index (χ3v) is 3.42. The fourth-order valence-electron chi connectivity index (χ4n) is 2.42. The van der Waals surface area contributed by atoms with E-state index in [1.54, 1.807) is 0 Å². The van der Waals surface area contributed by atoms with E-state index < -0.39 is 41.8 Å². The Morgan fingerprint density at radius 1 is 1.62 bits per heavy atom. The topological polar surface area (TPSA) is 131 Å². The number of aliphatic hydroxyl groups is 2. The molecule has 3 N–H and O–H groups in total. The molecule has 0 aliphatic carbocycles. The highest BCUT2D eigenvalue weighted by Gasteiger charge is 2.49. The van der Waals surface area contributed by atoms with Crippen LogP contribution in [0.2, 0.25) is 0 Å². The Morgan fingerprint density at radius 2 is 2.33 bits per heavy atom. The molecule has 1 saturated heterocycles. The Kier molecular flexibility index (Phi) is 4.26. The summed E-state index contributed by atoms with van der Waals surface area (Å²) in [6.07, 6.45) is -1.26. The second-order valence-corrected chi connectivity index (χ2v) is 4.79. The van der Waals surface area contributed by atoms with Gasteiger partial charge in [-0.15, -0.1) is 0 Å². The SMILES string of the molecule is COC(=O)C[C@]1(n2ccc(=O)[nH]c2=O)C[C@H](O)[C@@H](CO)O1. The maximum Gasteiger partial charge on any atom is 0.330 e. The minimum absolute atomic E-state index is 0.0979. The lowest BCUT2D eigenvalue weighted by Crippen LogP contribution is -2.45. The summed E-state index contributed by atoms with van der Waals surface area (Å²) in [6, 6.07) is 1.10. The molecule has 0 radical (unpaired) electrons. The Hall–Kier alpha value is -1.97. The summed E-state index contributed by atoms with van der Waals surface area (Å²) in [5, 5.41) is 19.1. The third-order valence-electron chi connectivity index (χ3n) is 3.42. The van der Waals surface area contributed by atoms with Crippen molar-refractivity contribution < 1.29 is 24.5 Å². The molecule has 0 bridgehead atoms. The molecule has 21 heavy (non-hydrogen) atoms. The average Bonchev–Trinajstić information content (AvgIpc) is 2.75. The largest absolute Gasteiger partial charge is 0.469 e. The van der Waals surface area contributed by atoms with E-state index in [1.165, 1.54) is 13.3 Å². The number of ether oxygens (including phenoxy) is 2. The zero-order valence-corrected chi connectivity index (χ0v) is 11.3. The molecule has 0 aromatic carbocycles. The third kappa shape index (κ3) is 2.89. The summed E-state index contributed by atoms with van der Waals surface area (Å²) in [7, 11) is 1.18. The predicted molar refractivity (Wildman–Crippen MR) is 68.5 cm³/mol. The van der Waals surface area contributed by atoms with E-state index in [-0.39, 0.29) is 12.8 Å². The molecular weight excluding hydrogens is 284 g/mol. The van der Waals surface area contributed by atoms with Crippen molar-refractivity contribution in [3.05, 3.63) is 33.1 Å². The van der Waals surface area contributed by atoms with Gasteiger partial charge in [0.15, 0.2) is 5.72 Å². The van der Waals surface area contributed by atoms with Gasteiger partial charge in [-0.2, -0.15) is 0 Å². The second kappa shape index (κ2) is 5.80. The number of esters is 1. The van der Waals surface area contributed by atoms with Gasteiger partial charge in [-0.05, 0) is 0 Å². The van der Waals surface area contributed by atoms with Crippen LogP contribution in [0.15, 0.2) is 21.9 Å². The zero-order chi connectivity index (χ0) is 15.6. The van der Waals surface area contributed by atoms with Crippen LogP contribution in [0, 0.1) is 0 Å². The molecule has 2 rings (SSSR count). The van der Waals surface area contributed by atoms with Gasteiger partial charge in [0.25, 0.3) is 5.56 Å². The lowest BCUT2D eigenvalue weighted by molar-refractivity contribution is -0.161. The first kappa shape index (κ1) is 15.4. The monoisotopic (exact) mass is 300 g/mol. The Labute approximate surface area is 118 Å². The number of aromatic nitrogens is 2. The molecule has 3 atom stereocenters. The van der Waals surface area contributed by atoms with E-state index in [1.807, 2.05) is 0 Å². The molecule has 0 unspecified atom stereocenters. The number of carbonyl (C=O) groups excluding carboxylic acids is 1. The normalized spacial score (nSPS) is 28.5. The van der Waals surface area contributed by atoms with Crippen LogP contribution >= 0.6 is 0 Å². The maximum atomic E-state index is 11.9. The van der Waals surface area contributed by atoms with Gasteiger partial charge >= 0.3 is 11.7 Å². The molecule has 1 aliphatic rings. The highest BCUT2D eigenvalue weighted by atomic mass is 16.6. The van der Waals surface area contributed by atoms with Gasteiger partial charge in [-0.25, -0.2) is 4.79 Å². The minimum Gasteiger partial charge on any atom is -0.469 e. The van der Waals surface area contributed by atoms with Gasteiger partial charge in [0.2, 0.25) is 0 Å². The van der Waals surface area contributed by atoms with Gasteiger partial charge < -0.3 is 19.7 Å². The number of methoxy groups -OCH3 is 1. The molecule has 9 nitrogen and oxygen atoms in total. The lowest BCUT2D eigenvalue weighted by atomic mass is 10.0. The number of H-pyrrole nitrogens is 1. The van der Waals surface area contributed by atoms with Crippen LogP contribution in [-0.4, -0.2) is 51.7 Å². The van der Waals surface area contributed by atoms with E-state index >= 15 is 0 Å². The molecule has 116 valence electrons. The second-order valence-electron chi connectivity index (χ2n) is 4.79. The number of hydrogen-bond acceptors (Lipinski definition) is 7. The molecule has 0 amide bonds. The Bertz CT molecular complexity index is 637. The number of nitrogens with zero attached hydrogens (tertiary/aromatic N) is 1. The van der Waals surface area contributed by atoms with Crippen LogP contribution in [0.5, 0.6) is 0 Å². The molecule has 0 saturated carbocycles. The Balaban J connectivity index is 2.49. The highest BCUT2D eigenvalue weighted by molar-refractivity contribution is 5.70. The van der Waals surface area contributed by atoms with E-state index in [4.69, 9.17) is 4.74 Å². The lowest BCUT2D eigenvalue weighted by Gasteiger charge is -2.29. The average molecular weight is 300 g/mol. The fraction of sp³-hybridized carbons (Fsp3) is 0.583. The van der Waals surface area contributed by atoms with Gasteiger partial charge in [-0.1, -0.05) is 0 Å². The van der Waals surface area contributed by atoms with Crippen LogP contribution in [-0.2, 0) is 20.0 Å². The molecule has 1 aromatic heterocycles. The van der Waals surface area contributed by atoms with Gasteiger partial charge in [0.1, 0.15) is 6.10 Å². The van der Waals surface area contributed by atoms with Crippen LogP contribution < -0.4 is 11.2 Å². The van der Waals surface area contributed by atoms with E-state index in [2.05, 4.69) is 9.72 Å². The Morgan fingerprint density at radius 3 is 2.86 bits per heavy atom. The van der Waals surface area contributed by atoms with Crippen molar-refractivity contribution in [1.29, 1.82) is 0 Å². The van der Waals surface area contributed by atoms with Crippen molar-refractivity contribution in [1.82, 2.24) is 9.55 Å². The summed E-state index contributed by atoms with van der Waals surface area (Å²) < 4.78 is 11.1. The summed E-state index contributed by atoms with van der Waals surface area (Å²) in [5.41, 5.74) is -2.89. The molecular formula is C12H16N2O7. The number of carbonyl (C=O) groups is 1. The van der Waals surface area contributed by atoms with Crippen LogP contribution in [0.3, 0.4) is 0 Å². The standard InChI is InChI=1S/C12H16N2O7/c1-20-10(18)5-12(4-7(16)8(6-15)21-12)14-3-2-9(17)13-11(14)19/h2-3,7-8,15-16H,4-6H2,1H3,(H,13,17,19)/t7-,8+,12-/m0/s1. The summed E-state index contributed by atoms with van der Waals surface area (Å²) in [6.45, 7) is -0.470. The van der Waals surface area contributed by atoms with Gasteiger partial charge in [0, 0.05) is 18.7 Å². The maximum absolute atomic E-state index is 11.9. The zero-order valence-electron chi connectivity index (χ0n) is 11.3. The highest BCUT2D eigenvalue weighted by Crippen LogP contribution is 2.37. The van der Waals surface area contributed by atoms with E-state index in [0.717, 1.165) is 10.6 Å². The number of hydrogen-bond donors (Lipinski definition) is 3. The first-order valence-corrected chi connectivity index (χ1v) is 6.28. The van der Waals surface area contributed by atoms with Gasteiger partial charge in [-0.3, -0.25) is 19.1 Å². The molecule has 0 spiro atoms. The van der Waals surface area contributed by atoms with Crippen molar-refractivity contribution in [3.8, 4) is 0 Å². The van der Waals surface area contributed by atoms with Crippen LogP contribution in [0.4, 0.5) is 0 Å². The first-order valence-electron chi connectivity index (χ1n) is 6.28. The summed E-state index contributed by atoms with van der Waals surface area (Å²) >= 11 is 0. The van der Waals surface area contributed by atoms with Crippen molar-refractivity contribution in [2.75, 3.05) is 13.7 Å². The smallest absolute Gasteiger partial charge is 0.330 e. The molecule has 2 heterocycles. The van der Waals surface area contributed by atoms with Crippen LogP contribution in [0.1, 0.15) is 12.8 Å².